The number of hydrogen-bond donors (Lipinski definition) is 0. The molecule has 0 bridgehead atoms. The predicted molar refractivity (Wildman–Crippen MR) is 58.3 cm³/mol. The monoisotopic (exact) mass is 240 g/mol. The highest BCUT2D eigenvalue weighted by atomic mass is 79.9. The maximum atomic E-state index is 10.6. The molecule has 0 radical (unpaired) electrons. The number of rotatable bonds is 3. The second-order valence-corrected chi connectivity index (χ2v) is 3.75. The van der Waals surface area contributed by atoms with Crippen molar-refractivity contribution in [1.82, 2.24) is 0 Å². The van der Waals surface area contributed by atoms with E-state index in [1.165, 1.54) is 11.1 Å². The Morgan fingerprint density at radius 3 is 2.77 bits per heavy atom. The molecule has 1 unspecified atom stereocenters. The average Bonchev–Trinajstić information content (AvgIpc) is 2.17. The van der Waals surface area contributed by atoms with E-state index in [1.807, 2.05) is 19.1 Å². The summed E-state index contributed by atoms with van der Waals surface area (Å²) in [5, 5.41) is 0.845. The number of benzene rings is 1. The van der Waals surface area contributed by atoms with E-state index in [9.17, 15) is 4.79 Å². The molecule has 0 N–H and O–H groups in total. The van der Waals surface area contributed by atoms with Crippen molar-refractivity contribution in [2.75, 3.05) is 0 Å². The van der Waals surface area contributed by atoms with Gasteiger partial charge in [0.05, 0.1) is 0 Å². The smallest absolute Gasteiger partial charge is 0.127 e. The zero-order valence-corrected chi connectivity index (χ0v) is 9.47. The van der Waals surface area contributed by atoms with Crippen LogP contribution in [0.5, 0.6) is 0 Å². The molecule has 0 spiro atoms. The molecule has 0 aliphatic heterocycles. The molecule has 0 aliphatic rings. The Kier molecular flexibility index (Phi) is 3.67. The number of alkyl halides is 1. The molecule has 0 heterocycles. The number of hydrogen-bond acceptors (Lipinski definition) is 1. The Labute approximate surface area is 87.3 Å². The first-order valence-corrected chi connectivity index (χ1v) is 5.42. The summed E-state index contributed by atoms with van der Waals surface area (Å²) >= 11 is 3.43. The lowest BCUT2D eigenvalue weighted by molar-refractivity contribution is -0.108. The van der Waals surface area contributed by atoms with Gasteiger partial charge in [0.2, 0.25) is 0 Å². The Hall–Kier alpha value is -0.630. The van der Waals surface area contributed by atoms with Gasteiger partial charge in [0.1, 0.15) is 6.29 Å². The van der Waals surface area contributed by atoms with Gasteiger partial charge < -0.3 is 4.79 Å². The van der Waals surface area contributed by atoms with E-state index < -0.39 is 0 Å². The van der Waals surface area contributed by atoms with Crippen LogP contribution in [0, 0.1) is 6.92 Å². The van der Waals surface area contributed by atoms with Crippen LogP contribution in [-0.2, 0) is 10.1 Å². The molecule has 2 heteroatoms. The van der Waals surface area contributed by atoms with Gasteiger partial charge in [0, 0.05) is 11.2 Å². The standard InChI is InChI=1S/C11H13BrO/c1-8(7-13)11-5-3-4-10(6-12)9(11)2/h3-5,7-8H,6H2,1-2H3. The molecule has 1 rings (SSSR count). The van der Waals surface area contributed by atoms with Crippen LogP contribution in [0.1, 0.15) is 29.5 Å². The van der Waals surface area contributed by atoms with Crippen molar-refractivity contribution in [3.8, 4) is 0 Å². The highest BCUT2D eigenvalue weighted by Gasteiger charge is 2.08. The molecule has 0 saturated carbocycles. The molecule has 0 amide bonds. The van der Waals surface area contributed by atoms with Crippen molar-refractivity contribution < 1.29 is 4.79 Å². The van der Waals surface area contributed by atoms with Gasteiger partial charge in [-0.1, -0.05) is 41.1 Å². The lowest BCUT2D eigenvalue weighted by Crippen LogP contribution is -1.99. The van der Waals surface area contributed by atoms with Gasteiger partial charge in [0.15, 0.2) is 0 Å². The molecule has 1 aromatic rings. The van der Waals surface area contributed by atoms with Crippen LogP contribution in [0.25, 0.3) is 0 Å². The summed E-state index contributed by atoms with van der Waals surface area (Å²) in [7, 11) is 0. The van der Waals surface area contributed by atoms with Gasteiger partial charge in [-0.15, -0.1) is 0 Å². The Bertz CT molecular complexity index is 307. The van der Waals surface area contributed by atoms with Gasteiger partial charge in [0.25, 0.3) is 0 Å². The van der Waals surface area contributed by atoms with Crippen LogP contribution in [0.3, 0.4) is 0 Å². The lowest BCUT2D eigenvalue weighted by atomic mass is 9.95. The van der Waals surface area contributed by atoms with Gasteiger partial charge in [-0.25, -0.2) is 0 Å². The van der Waals surface area contributed by atoms with E-state index >= 15 is 0 Å². The van der Waals surface area contributed by atoms with E-state index in [0.29, 0.717) is 0 Å². The molecule has 1 aromatic carbocycles. The molecule has 1 atom stereocenters. The summed E-state index contributed by atoms with van der Waals surface area (Å²) in [5.41, 5.74) is 3.61. The van der Waals surface area contributed by atoms with Crippen molar-refractivity contribution in [1.29, 1.82) is 0 Å². The van der Waals surface area contributed by atoms with Gasteiger partial charge in [-0.05, 0) is 23.6 Å². The quantitative estimate of drug-likeness (QED) is 0.586. The maximum Gasteiger partial charge on any atom is 0.127 e. The normalized spacial score (nSPS) is 12.5. The van der Waals surface area contributed by atoms with Crippen LogP contribution in [0.15, 0.2) is 18.2 Å². The van der Waals surface area contributed by atoms with E-state index in [4.69, 9.17) is 0 Å². The minimum Gasteiger partial charge on any atom is -0.303 e. The number of carbonyl (C=O) groups excluding carboxylic acids is 1. The summed E-state index contributed by atoms with van der Waals surface area (Å²) in [4.78, 5) is 10.6. The van der Waals surface area contributed by atoms with Crippen LogP contribution < -0.4 is 0 Å². The Morgan fingerprint density at radius 1 is 1.54 bits per heavy atom. The molecule has 0 aliphatic carbocycles. The maximum absolute atomic E-state index is 10.6. The van der Waals surface area contributed by atoms with E-state index in [1.54, 1.807) is 0 Å². The number of carbonyl (C=O) groups is 1. The SMILES string of the molecule is Cc1c(CBr)cccc1C(C)C=O. The first-order chi connectivity index (χ1) is 6.20. The Morgan fingerprint density at radius 2 is 2.23 bits per heavy atom. The van der Waals surface area contributed by atoms with Crippen molar-refractivity contribution in [2.24, 2.45) is 0 Å². The van der Waals surface area contributed by atoms with Crippen molar-refractivity contribution in [2.45, 2.75) is 25.1 Å². The zero-order chi connectivity index (χ0) is 9.84. The van der Waals surface area contributed by atoms with Crippen LogP contribution in [0.4, 0.5) is 0 Å². The average molecular weight is 241 g/mol. The minimum atomic E-state index is -0.000926. The first-order valence-electron chi connectivity index (χ1n) is 4.30. The van der Waals surface area contributed by atoms with Crippen molar-refractivity contribution in [3.63, 3.8) is 0 Å². The second-order valence-electron chi connectivity index (χ2n) is 3.19. The van der Waals surface area contributed by atoms with Gasteiger partial charge in [-0.3, -0.25) is 0 Å². The molecular formula is C11H13BrO. The van der Waals surface area contributed by atoms with E-state index in [-0.39, 0.29) is 5.92 Å². The fraction of sp³-hybridized carbons (Fsp3) is 0.364. The topological polar surface area (TPSA) is 17.1 Å². The van der Waals surface area contributed by atoms with E-state index in [0.717, 1.165) is 17.2 Å². The van der Waals surface area contributed by atoms with Crippen LogP contribution in [-0.4, -0.2) is 6.29 Å². The summed E-state index contributed by atoms with van der Waals surface area (Å²) < 4.78 is 0. The fourth-order valence-corrected chi connectivity index (χ4v) is 2.02. The molecule has 70 valence electrons. The summed E-state index contributed by atoms with van der Waals surface area (Å²) in [6, 6.07) is 6.09. The highest BCUT2D eigenvalue weighted by Crippen LogP contribution is 2.22. The lowest BCUT2D eigenvalue weighted by Gasteiger charge is -2.11. The van der Waals surface area contributed by atoms with Crippen LogP contribution in [0.2, 0.25) is 0 Å². The summed E-state index contributed by atoms with van der Waals surface area (Å²) in [6.45, 7) is 3.99. The van der Waals surface area contributed by atoms with Crippen molar-refractivity contribution in [3.05, 3.63) is 34.9 Å². The number of aldehydes is 1. The third kappa shape index (κ3) is 2.19. The van der Waals surface area contributed by atoms with E-state index in [2.05, 4.69) is 28.9 Å². The van der Waals surface area contributed by atoms with Crippen molar-refractivity contribution >= 4 is 22.2 Å². The molecule has 1 nitrogen and oxygen atoms in total. The third-order valence-electron chi connectivity index (χ3n) is 2.33. The number of halogens is 1. The third-order valence-corrected chi connectivity index (χ3v) is 2.93. The molecular weight excluding hydrogens is 228 g/mol. The molecule has 0 fully saturated rings. The van der Waals surface area contributed by atoms with Gasteiger partial charge >= 0.3 is 0 Å². The largest absolute Gasteiger partial charge is 0.303 e. The second kappa shape index (κ2) is 4.56. The predicted octanol–water partition coefficient (Wildman–Crippen LogP) is 3.19. The molecule has 13 heavy (non-hydrogen) atoms. The minimum absolute atomic E-state index is 0.000926. The highest BCUT2D eigenvalue weighted by molar-refractivity contribution is 9.08. The molecule has 0 saturated heterocycles. The van der Waals surface area contributed by atoms with Crippen LogP contribution >= 0.6 is 15.9 Å². The summed E-state index contributed by atoms with van der Waals surface area (Å²) in [6.07, 6.45) is 0.986. The van der Waals surface area contributed by atoms with Gasteiger partial charge in [-0.2, -0.15) is 0 Å². The summed E-state index contributed by atoms with van der Waals surface area (Å²) in [5.74, 6) is -0.000926. The first kappa shape index (κ1) is 10.5. The molecule has 0 aromatic heterocycles. The fourth-order valence-electron chi connectivity index (χ4n) is 1.41. The Balaban J connectivity index is 3.14. The zero-order valence-electron chi connectivity index (χ0n) is 7.88.